The smallest absolute Gasteiger partial charge is 0.417 e. The molecule has 0 saturated heterocycles. The number of hydrogen-bond acceptors (Lipinski definition) is 3. The van der Waals surface area contributed by atoms with Crippen molar-refractivity contribution in [1.82, 2.24) is 5.32 Å². The van der Waals surface area contributed by atoms with E-state index in [9.17, 15) is 22.8 Å². The molecular formula is C13H14F3NO3. The second-order valence-electron chi connectivity index (χ2n) is 4.61. The van der Waals surface area contributed by atoms with Crippen molar-refractivity contribution in [3.63, 3.8) is 0 Å². The topological polar surface area (TPSA) is 55.4 Å². The van der Waals surface area contributed by atoms with Crippen LogP contribution in [0.2, 0.25) is 0 Å². The highest BCUT2D eigenvalue weighted by molar-refractivity contribution is 5.99. The zero-order chi connectivity index (χ0) is 15.6. The average Bonchev–Trinajstić information content (AvgIpc) is 2.36. The van der Waals surface area contributed by atoms with Crippen molar-refractivity contribution in [1.29, 1.82) is 0 Å². The molecule has 7 heteroatoms. The Kier molecular flexibility index (Phi) is 4.42. The first kappa shape index (κ1) is 16.0. The molecule has 0 fully saturated rings. The molecular weight excluding hydrogens is 275 g/mol. The van der Waals surface area contributed by atoms with Crippen LogP contribution < -0.4 is 5.32 Å². The maximum absolute atomic E-state index is 12.8. The number of hydrogen-bond donors (Lipinski definition) is 1. The molecule has 0 bridgehead atoms. The largest absolute Gasteiger partial charge is 0.467 e. The molecule has 0 aliphatic rings. The minimum atomic E-state index is -4.65. The lowest BCUT2D eigenvalue weighted by Gasteiger charge is -2.24. The highest BCUT2D eigenvalue weighted by Gasteiger charge is 2.37. The van der Waals surface area contributed by atoms with E-state index in [0.29, 0.717) is 0 Å². The SMILES string of the molecule is COC(=O)C(C)(C)NC(=O)c1ccccc1C(F)(F)F. The number of methoxy groups -OCH3 is 1. The Morgan fingerprint density at radius 1 is 1.15 bits per heavy atom. The van der Waals surface area contributed by atoms with Crippen molar-refractivity contribution in [3.05, 3.63) is 35.4 Å². The number of carbonyl (C=O) groups excluding carboxylic acids is 2. The van der Waals surface area contributed by atoms with Crippen LogP contribution in [0.5, 0.6) is 0 Å². The standard InChI is InChI=1S/C13H14F3NO3/c1-12(2,11(19)20-3)17-10(18)8-6-4-5-7-9(8)13(14,15)16/h4-7H,1-3H3,(H,17,18). The van der Waals surface area contributed by atoms with Gasteiger partial charge in [-0.05, 0) is 26.0 Å². The van der Waals surface area contributed by atoms with Gasteiger partial charge in [-0.3, -0.25) is 4.79 Å². The van der Waals surface area contributed by atoms with Gasteiger partial charge in [0.15, 0.2) is 0 Å². The van der Waals surface area contributed by atoms with E-state index in [1.165, 1.54) is 26.0 Å². The second-order valence-corrected chi connectivity index (χ2v) is 4.61. The number of amides is 1. The van der Waals surface area contributed by atoms with Gasteiger partial charge in [-0.2, -0.15) is 13.2 Å². The van der Waals surface area contributed by atoms with Gasteiger partial charge in [0.25, 0.3) is 5.91 Å². The molecule has 0 atom stereocenters. The van der Waals surface area contributed by atoms with Crippen LogP contribution in [0.3, 0.4) is 0 Å². The van der Waals surface area contributed by atoms with Crippen LogP contribution in [0.4, 0.5) is 13.2 Å². The minimum Gasteiger partial charge on any atom is -0.467 e. The molecule has 0 saturated carbocycles. The summed E-state index contributed by atoms with van der Waals surface area (Å²) in [5, 5.41) is 2.22. The summed E-state index contributed by atoms with van der Waals surface area (Å²) >= 11 is 0. The van der Waals surface area contributed by atoms with E-state index >= 15 is 0 Å². The first-order valence-electron chi connectivity index (χ1n) is 5.66. The molecule has 1 rings (SSSR count). The quantitative estimate of drug-likeness (QED) is 0.869. The van der Waals surface area contributed by atoms with E-state index in [4.69, 9.17) is 0 Å². The molecule has 110 valence electrons. The van der Waals surface area contributed by atoms with Crippen molar-refractivity contribution >= 4 is 11.9 Å². The van der Waals surface area contributed by atoms with Gasteiger partial charge in [0.2, 0.25) is 0 Å². The summed E-state index contributed by atoms with van der Waals surface area (Å²) in [6.07, 6.45) is -4.65. The predicted molar refractivity (Wildman–Crippen MR) is 65.0 cm³/mol. The molecule has 0 radical (unpaired) electrons. The fraction of sp³-hybridized carbons (Fsp3) is 0.385. The summed E-state index contributed by atoms with van der Waals surface area (Å²) < 4.78 is 42.9. The lowest BCUT2D eigenvalue weighted by Crippen LogP contribution is -2.50. The number of benzene rings is 1. The summed E-state index contributed by atoms with van der Waals surface area (Å²) in [7, 11) is 1.12. The Balaban J connectivity index is 3.09. The summed E-state index contributed by atoms with van der Waals surface area (Å²) in [4.78, 5) is 23.4. The van der Waals surface area contributed by atoms with Crippen molar-refractivity contribution in [3.8, 4) is 0 Å². The van der Waals surface area contributed by atoms with Gasteiger partial charge in [0.05, 0.1) is 18.2 Å². The fourth-order valence-corrected chi connectivity index (χ4v) is 1.59. The number of nitrogens with one attached hydrogen (secondary N) is 1. The summed E-state index contributed by atoms with van der Waals surface area (Å²) in [5.41, 5.74) is -3.03. The Labute approximate surface area is 113 Å². The molecule has 0 aromatic heterocycles. The number of carbonyl (C=O) groups is 2. The third-order valence-corrected chi connectivity index (χ3v) is 2.60. The number of halogens is 3. The molecule has 1 N–H and O–H groups in total. The highest BCUT2D eigenvalue weighted by atomic mass is 19.4. The van der Waals surface area contributed by atoms with Crippen LogP contribution in [-0.2, 0) is 15.7 Å². The molecule has 4 nitrogen and oxygen atoms in total. The number of alkyl halides is 3. The first-order valence-corrected chi connectivity index (χ1v) is 5.66. The summed E-state index contributed by atoms with van der Waals surface area (Å²) in [6.45, 7) is 2.68. The zero-order valence-electron chi connectivity index (χ0n) is 11.2. The number of ether oxygens (including phenoxy) is 1. The van der Waals surface area contributed by atoms with Gasteiger partial charge in [-0.15, -0.1) is 0 Å². The Morgan fingerprint density at radius 2 is 1.70 bits per heavy atom. The van der Waals surface area contributed by atoms with Crippen LogP contribution in [0.25, 0.3) is 0 Å². The third kappa shape index (κ3) is 3.49. The minimum absolute atomic E-state index is 0.544. The van der Waals surface area contributed by atoms with Crippen molar-refractivity contribution in [2.45, 2.75) is 25.6 Å². The van der Waals surface area contributed by atoms with E-state index in [2.05, 4.69) is 10.1 Å². The lowest BCUT2D eigenvalue weighted by molar-refractivity contribution is -0.146. The third-order valence-electron chi connectivity index (χ3n) is 2.60. The van der Waals surface area contributed by atoms with Crippen LogP contribution in [0.1, 0.15) is 29.8 Å². The Hall–Kier alpha value is -2.05. The van der Waals surface area contributed by atoms with Crippen molar-refractivity contribution in [2.24, 2.45) is 0 Å². The van der Waals surface area contributed by atoms with Gasteiger partial charge in [-0.1, -0.05) is 12.1 Å². The molecule has 1 aromatic carbocycles. The molecule has 1 aromatic rings. The number of esters is 1. The predicted octanol–water partition coefficient (Wildman–Crippen LogP) is 2.39. The van der Waals surface area contributed by atoms with Gasteiger partial charge in [0, 0.05) is 0 Å². The van der Waals surface area contributed by atoms with Gasteiger partial charge in [-0.25, -0.2) is 4.79 Å². The molecule has 1 amide bonds. The molecule has 0 aliphatic carbocycles. The van der Waals surface area contributed by atoms with E-state index < -0.39 is 34.7 Å². The highest BCUT2D eigenvalue weighted by Crippen LogP contribution is 2.31. The van der Waals surface area contributed by atoms with E-state index in [-0.39, 0.29) is 0 Å². The van der Waals surface area contributed by atoms with Crippen molar-refractivity contribution in [2.75, 3.05) is 7.11 Å². The molecule has 0 spiro atoms. The Morgan fingerprint density at radius 3 is 2.20 bits per heavy atom. The zero-order valence-corrected chi connectivity index (χ0v) is 11.2. The molecule has 0 unspecified atom stereocenters. The second kappa shape index (κ2) is 5.52. The first-order chi connectivity index (χ1) is 9.09. The van der Waals surface area contributed by atoms with Gasteiger partial charge >= 0.3 is 12.1 Å². The molecule has 20 heavy (non-hydrogen) atoms. The molecule has 0 aliphatic heterocycles. The van der Waals surface area contributed by atoms with Crippen molar-refractivity contribution < 1.29 is 27.5 Å². The van der Waals surface area contributed by atoms with Crippen LogP contribution in [-0.4, -0.2) is 24.5 Å². The van der Waals surface area contributed by atoms with Gasteiger partial charge in [0.1, 0.15) is 5.54 Å². The van der Waals surface area contributed by atoms with E-state index in [1.54, 1.807) is 0 Å². The van der Waals surface area contributed by atoms with Crippen LogP contribution in [0.15, 0.2) is 24.3 Å². The summed E-state index contributed by atoms with van der Waals surface area (Å²) in [6, 6.07) is 4.35. The fourth-order valence-electron chi connectivity index (χ4n) is 1.59. The van der Waals surface area contributed by atoms with E-state index in [1.807, 2.05) is 0 Å². The number of rotatable bonds is 3. The average molecular weight is 289 g/mol. The molecule has 0 heterocycles. The van der Waals surface area contributed by atoms with Crippen LogP contribution >= 0.6 is 0 Å². The van der Waals surface area contributed by atoms with Crippen LogP contribution in [0, 0.1) is 0 Å². The lowest BCUT2D eigenvalue weighted by atomic mass is 10.0. The van der Waals surface area contributed by atoms with E-state index in [0.717, 1.165) is 19.2 Å². The van der Waals surface area contributed by atoms with Gasteiger partial charge < -0.3 is 10.1 Å². The Bertz CT molecular complexity index is 524. The summed E-state index contributed by atoms with van der Waals surface area (Å²) in [5.74, 6) is -1.75. The normalized spacial score (nSPS) is 11.9. The maximum atomic E-state index is 12.8. The maximum Gasteiger partial charge on any atom is 0.417 e. The monoisotopic (exact) mass is 289 g/mol.